The SMILES string of the molecule is CCn1c(-c2cccnc2[C@H](C)OC)c2c3cc(ccc31)-c1csc(n1)C[C@H](NC(=O)[C@H](C(C)C)N(C)C(=O)N1CC[C@@]3(CCNC3=O)C1)C(=O)N1CCCC(C=O)(COCC(C)(C)C2)N1. The van der Waals surface area contributed by atoms with Gasteiger partial charge in [-0.1, -0.05) is 33.8 Å². The summed E-state index contributed by atoms with van der Waals surface area (Å²) in [6, 6.07) is 8.13. The molecule has 354 valence electrons. The number of aryl methyl sites for hydroxylation is 1. The fourth-order valence-electron chi connectivity index (χ4n) is 10.6. The van der Waals surface area contributed by atoms with Crippen LogP contribution in [0.4, 0.5) is 4.79 Å². The fraction of sp³-hybridized carbons (Fsp3) is 0.571. The highest BCUT2D eigenvalue weighted by molar-refractivity contribution is 7.10. The second kappa shape index (κ2) is 18.8. The summed E-state index contributed by atoms with van der Waals surface area (Å²) in [6.45, 7) is 14.9. The Balaban J connectivity index is 1.16. The molecule has 4 aromatic rings. The van der Waals surface area contributed by atoms with Gasteiger partial charge in [0.2, 0.25) is 11.8 Å². The molecule has 16 nitrogen and oxygen atoms in total. The minimum absolute atomic E-state index is 0.0313. The Bertz CT molecular complexity index is 2500. The summed E-state index contributed by atoms with van der Waals surface area (Å²) >= 11 is 1.41. The number of carbonyl (C=O) groups excluding carboxylic acids is 5. The number of pyridine rings is 1. The summed E-state index contributed by atoms with van der Waals surface area (Å²) in [7, 11) is 3.30. The van der Waals surface area contributed by atoms with Crippen molar-refractivity contribution in [3.8, 4) is 22.5 Å². The van der Waals surface area contributed by atoms with Crippen molar-refractivity contribution in [2.75, 3.05) is 53.6 Å². The minimum atomic E-state index is -1.19. The number of amides is 5. The summed E-state index contributed by atoms with van der Waals surface area (Å²) in [5, 5.41) is 11.1. The van der Waals surface area contributed by atoms with Crippen molar-refractivity contribution in [2.24, 2.45) is 16.7 Å². The molecular formula is C49H65N9O7S. The topological polar surface area (TPSA) is 180 Å². The van der Waals surface area contributed by atoms with Gasteiger partial charge in [-0.15, -0.1) is 11.3 Å². The van der Waals surface area contributed by atoms with E-state index in [0.717, 1.165) is 51.0 Å². The van der Waals surface area contributed by atoms with Crippen LogP contribution >= 0.6 is 11.3 Å². The number of benzene rings is 1. The van der Waals surface area contributed by atoms with E-state index in [1.54, 1.807) is 25.3 Å². The average Bonchev–Trinajstić information content (AvgIpc) is 4.11. The van der Waals surface area contributed by atoms with Crippen LogP contribution in [0, 0.1) is 16.7 Å². The predicted octanol–water partition coefficient (Wildman–Crippen LogP) is 5.53. The third-order valence-corrected chi connectivity index (χ3v) is 15.0. The van der Waals surface area contributed by atoms with E-state index in [-0.39, 0.29) is 37.0 Å². The van der Waals surface area contributed by atoms with E-state index in [2.05, 4.69) is 65.7 Å². The Morgan fingerprint density at radius 2 is 1.92 bits per heavy atom. The zero-order valence-corrected chi connectivity index (χ0v) is 40.4. The molecule has 5 atom stereocenters. The van der Waals surface area contributed by atoms with Crippen molar-refractivity contribution in [1.29, 1.82) is 0 Å². The van der Waals surface area contributed by atoms with Crippen molar-refractivity contribution in [1.82, 2.24) is 45.4 Å². The fourth-order valence-corrected chi connectivity index (χ4v) is 11.4. The van der Waals surface area contributed by atoms with Crippen LogP contribution in [0.1, 0.15) is 89.6 Å². The molecule has 3 fully saturated rings. The number of hydrogen-bond acceptors (Lipinski definition) is 11. The Morgan fingerprint density at radius 1 is 1.12 bits per heavy atom. The molecule has 1 spiro atoms. The highest BCUT2D eigenvalue weighted by Gasteiger charge is 2.50. The maximum absolute atomic E-state index is 14.8. The molecule has 0 saturated carbocycles. The van der Waals surface area contributed by atoms with Gasteiger partial charge in [0.25, 0.3) is 5.91 Å². The van der Waals surface area contributed by atoms with Crippen LogP contribution in [0.25, 0.3) is 33.4 Å². The second-order valence-electron chi connectivity index (χ2n) is 19.9. The smallest absolute Gasteiger partial charge is 0.320 e. The van der Waals surface area contributed by atoms with Gasteiger partial charge in [0, 0.05) is 86.9 Å². The van der Waals surface area contributed by atoms with Crippen LogP contribution in [0.3, 0.4) is 0 Å². The minimum Gasteiger partial charge on any atom is -0.378 e. The summed E-state index contributed by atoms with van der Waals surface area (Å²) in [5.74, 6) is -1.26. The molecule has 17 heteroatoms. The lowest BCUT2D eigenvalue weighted by Crippen LogP contribution is -2.66. The Labute approximate surface area is 391 Å². The molecule has 3 N–H and O–H groups in total. The van der Waals surface area contributed by atoms with Crippen molar-refractivity contribution in [3.63, 3.8) is 0 Å². The molecule has 6 bridgehead atoms. The third-order valence-electron chi connectivity index (χ3n) is 14.1. The van der Waals surface area contributed by atoms with Gasteiger partial charge in [-0.05, 0) is 87.1 Å². The quantitative estimate of drug-likeness (QED) is 0.181. The molecule has 1 aromatic carbocycles. The number of fused-ring (bicyclic) bond motifs is 6. The van der Waals surface area contributed by atoms with Crippen LogP contribution in [0.2, 0.25) is 0 Å². The van der Waals surface area contributed by atoms with Crippen LogP contribution in [-0.4, -0.2) is 131 Å². The molecule has 7 heterocycles. The van der Waals surface area contributed by atoms with Crippen molar-refractivity contribution >= 4 is 52.3 Å². The molecule has 8 rings (SSSR count). The maximum atomic E-state index is 14.8. The molecule has 5 amide bonds. The number of nitrogens with zero attached hydrogens (tertiary/aromatic N) is 6. The van der Waals surface area contributed by atoms with Crippen LogP contribution in [0.5, 0.6) is 0 Å². The number of thiazole rings is 1. The van der Waals surface area contributed by atoms with Crippen LogP contribution in [0.15, 0.2) is 41.9 Å². The first-order valence-electron chi connectivity index (χ1n) is 23.3. The number of urea groups is 1. The first kappa shape index (κ1) is 47.3. The predicted molar refractivity (Wildman–Crippen MR) is 252 cm³/mol. The monoisotopic (exact) mass is 923 g/mol. The molecule has 3 saturated heterocycles. The third kappa shape index (κ3) is 8.98. The number of hydrogen-bond donors (Lipinski definition) is 3. The molecule has 4 aliphatic rings. The highest BCUT2D eigenvalue weighted by Crippen LogP contribution is 2.42. The first-order chi connectivity index (χ1) is 31.5. The summed E-state index contributed by atoms with van der Waals surface area (Å²) < 4.78 is 14.7. The zero-order chi connectivity index (χ0) is 47.1. The molecule has 0 aliphatic carbocycles. The number of aromatic nitrogens is 3. The van der Waals surface area contributed by atoms with Crippen molar-refractivity contribution < 1.29 is 33.4 Å². The zero-order valence-electron chi connectivity index (χ0n) is 39.6. The highest BCUT2D eigenvalue weighted by atomic mass is 32.1. The van der Waals surface area contributed by atoms with Gasteiger partial charge in [0.1, 0.15) is 23.9 Å². The molecule has 4 aliphatic heterocycles. The Kier molecular flexibility index (Phi) is 13.5. The Morgan fingerprint density at radius 3 is 2.64 bits per heavy atom. The number of nitrogens with one attached hydrogen (secondary N) is 3. The van der Waals surface area contributed by atoms with E-state index in [4.69, 9.17) is 19.4 Å². The number of carbonyl (C=O) groups is 5. The van der Waals surface area contributed by atoms with E-state index in [0.29, 0.717) is 76.4 Å². The summed E-state index contributed by atoms with van der Waals surface area (Å²) in [5.41, 5.74) is 7.84. The lowest BCUT2D eigenvalue weighted by Gasteiger charge is -2.42. The summed E-state index contributed by atoms with van der Waals surface area (Å²) in [4.78, 5) is 82.2. The average molecular weight is 924 g/mol. The van der Waals surface area contributed by atoms with Gasteiger partial charge < -0.3 is 39.3 Å². The molecule has 3 aromatic heterocycles. The summed E-state index contributed by atoms with van der Waals surface area (Å²) in [6.07, 6.45) is 5.33. The van der Waals surface area contributed by atoms with E-state index >= 15 is 0 Å². The lowest BCUT2D eigenvalue weighted by atomic mass is 9.84. The number of ether oxygens (including phenoxy) is 2. The largest absolute Gasteiger partial charge is 0.378 e. The van der Waals surface area contributed by atoms with Crippen molar-refractivity contribution in [3.05, 3.63) is 58.2 Å². The Hall–Kier alpha value is -5.23. The normalized spacial score (nSPS) is 24.3. The standard InChI is InChI=1S/C49H65N9O7S/c1-9-57-38-14-13-32-22-34(38)35(42(57)33-12-10-18-50-40(33)31(4)64-8)24-47(5,6)28-65-29-49(27-59)15-11-20-58(54-49)44(61)36(23-39-52-37(32)25-66-39)53-43(60)41(30(2)3)55(7)46(63)56-21-17-48(26-56)16-19-51-45(48)62/h10,12-14,18,22,25,27,30-31,36,41,54H,9,11,15-17,19-21,23-24,26,28-29H2,1-8H3,(H,51,62)(H,53,60)/t31-,36-,41-,48-,49?/m0/s1. The van der Waals surface area contributed by atoms with E-state index < -0.39 is 40.3 Å². The maximum Gasteiger partial charge on any atom is 0.320 e. The molecule has 1 unspecified atom stereocenters. The second-order valence-corrected chi connectivity index (χ2v) is 20.8. The van der Waals surface area contributed by atoms with Crippen LogP contribution in [-0.2, 0) is 48.0 Å². The van der Waals surface area contributed by atoms with Gasteiger partial charge in [-0.25, -0.2) is 15.2 Å². The van der Waals surface area contributed by atoms with E-state index in [1.165, 1.54) is 21.2 Å². The van der Waals surface area contributed by atoms with Gasteiger partial charge in [0.15, 0.2) is 0 Å². The number of rotatable bonds is 9. The molecule has 66 heavy (non-hydrogen) atoms. The van der Waals surface area contributed by atoms with Gasteiger partial charge in [0.05, 0.1) is 46.8 Å². The number of methoxy groups -OCH3 is 1. The van der Waals surface area contributed by atoms with Crippen molar-refractivity contribution in [2.45, 2.75) is 110 Å². The number of likely N-dealkylation sites (tertiary alicyclic amines) is 1. The van der Waals surface area contributed by atoms with E-state index in [1.807, 2.05) is 32.2 Å². The van der Waals surface area contributed by atoms with Gasteiger partial charge in [-0.2, -0.15) is 0 Å². The molecular weight excluding hydrogens is 859 g/mol. The number of hydrazine groups is 1. The van der Waals surface area contributed by atoms with E-state index in [9.17, 15) is 24.0 Å². The van der Waals surface area contributed by atoms with Gasteiger partial charge >= 0.3 is 6.03 Å². The first-order valence-corrected chi connectivity index (χ1v) is 24.2. The number of likely N-dealkylation sites (N-methyl/N-ethyl adjacent to an activating group) is 1. The lowest BCUT2D eigenvalue weighted by molar-refractivity contribution is -0.147. The van der Waals surface area contributed by atoms with Gasteiger partial charge in [-0.3, -0.25) is 24.4 Å². The van der Waals surface area contributed by atoms with Crippen LogP contribution < -0.4 is 16.1 Å². The molecule has 0 radical (unpaired) electrons. The number of aldehydes is 1.